The number of esters is 1. The highest BCUT2D eigenvalue weighted by atomic mass is 16.7. The third-order valence-electron chi connectivity index (χ3n) is 15.7. The lowest BCUT2D eigenvalue weighted by Crippen LogP contribution is -2.70. The van der Waals surface area contributed by atoms with E-state index < -0.39 is 102 Å². The molecule has 0 radical (unpaired) electrons. The minimum Gasteiger partial charge on any atom is -0.432 e. The number of carbonyl (C=O) groups is 1. The van der Waals surface area contributed by atoms with Gasteiger partial charge in [-0.1, -0.05) is 39.3 Å². The molecule has 1 heterocycles. The van der Waals surface area contributed by atoms with Crippen LogP contribution in [0.3, 0.4) is 0 Å². The van der Waals surface area contributed by atoms with Gasteiger partial charge in [-0.2, -0.15) is 0 Å². The van der Waals surface area contributed by atoms with Gasteiger partial charge in [0.15, 0.2) is 0 Å². The van der Waals surface area contributed by atoms with Crippen LogP contribution in [0.15, 0.2) is 11.6 Å². The van der Waals surface area contributed by atoms with Crippen molar-refractivity contribution < 1.29 is 60.2 Å². The number of aliphatic hydroxyl groups excluding tert-OH is 8. The molecule has 5 fully saturated rings. The van der Waals surface area contributed by atoms with Crippen molar-refractivity contribution >= 4 is 5.97 Å². The molecule has 6 aliphatic rings. The Morgan fingerprint density at radius 3 is 2.19 bits per heavy atom. The van der Waals surface area contributed by atoms with Crippen LogP contribution in [0.1, 0.15) is 86.0 Å². The molecule has 0 spiro atoms. The van der Waals surface area contributed by atoms with Crippen molar-refractivity contribution in [2.24, 2.45) is 50.7 Å². The molecule has 2 unspecified atom stereocenters. The van der Waals surface area contributed by atoms with Crippen LogP contribution in [0, 0.1) is 50.7 Å². The van der Waals surface area contributed by atoms with Gasteiger partial charge in [-0.25, -0.2) is 0 Å². The van der Waals surface area contributed by atoms with Crippen molar-refractivity contribution in [3.8, 4) is 0 Å². The summed E-state index contributed by atoms with van der Waals surface area (Å²) in [4.78, 5) is 14.5. The smallest absolute Gasteiger partial charge is 0.315 e. The Morgan fingerprint density at radius 1 is 0.896 bits per heavy atom. The Hall–Kier alpha value is -1.19. The van der Waals surface area contributed by atoms with Gasteiger partial charge in [0.2, 0.25) is 6.29 Å². The average molecular weight is 683 g/mol. The number of hydrogen-bond acceptors (Lipinski definition) is 12. The molecule has 5 aliphatic carbocycles. The second-order valence-electron chi connectivity index (χ2n) is 17.4. The first kappa shape index (κ1) is 36.6. The molecule has 0 aromatic heterocycles. The van der Waals surface area contributed by atoms with Gasteiger partial charge in [0.25, 0.3) is 0 Å². The molecule has 1 saturated heterocycles. The summed E-state index contributed by atoms with van der Waals surface area (Å²) in [7, 11) is 0. The van der Waals surface area contributed by atoms with Gasteiger partial charge in [-0.3, -0.25) is 4.79 Å². The fraction of sp³-hybridized carbons (Fsp3) is 0.917. The minimum absolute atomic E-state index is 0.0108. The maximum Gasteiger partial charge on any atom is 0.315 e. The van der Waals surface area contributed by atoms with Crippen LogP contribution in [0.5, 0.6) is 0 Å². The van der Waals surface area contributed by atoms with Crippen LogP contribution in [-0.2, 0) is 14.3 Å². The van der Waals surface area contributed by atoms with Crippen molar-refractivity contribution in [1.82, 2.24) is 0 Å². The molecule has 0 aromatic carbocycles. The predicted octanol–water partition coefficient (Wildman–Crippen LogP) is 0.379. The number of rotatable bonds is 5. The van der Waals surface area contributed by atoms with E-state index >= 15 is 0 Å². The molecule has 12 nitrogen and oxygen atoms in total. The second-order valence-corrected chi connectivity index (χ2v) is 17.4. The van der Waals surface area contributed by atoms with E-state index in [9.17, 15) is 50.8 Å². The van der Waals surface area contributed by atoms with Crippen LogP contribution in [0.4, 0.5) is 0 Å². The zero-order valence-electron chi connectivity index (χ0n) is 29.0. The SMILES string of the molecule is C[C@@H]1CC[C@]2(C(=O)OC3O[C@H](CO)[C@@H](O)[C@H](O)[C@H]3O)CC[C@]3(C)C(=CC[C@H]4[C@@]5(C)C[C@@H](O)[C@H](O)C(CO)(CO)C5CC[C@]43C)[C@@H]2[C@]1(C)O. The van der Waals surface area contributed by atoms with Crippen LogP contribution < -0.4 is 0 Å². The van der Waals surface area contributed by atoms with Crippen molar-refractivity contribution in [3.05, 3.63) is 11.6 Å². The van der Waals surface area contributed by atoms with Gasteiger partial charge in [0.1, 0.15) is 24.4 Å². The van der Waals surface area contributed by atoms with Gasteiger partial charge in [0, 0.05) is 11.3 Å². The highest BCUT2D eigenvalue weighted by Gasteiger charge is 2.73. The third-order valence-corrected chi connectivity index (χ3v) is 15.7. The normalized spacial score (nSPS) is 54.5. The maximum atomic E-state index is 14.5. The highest BCUT2D eigenvalue weighted by Crippen LogP contribution is 2.76. The number of aliphatic hydroxyl groups is 9. The lowest BCUT2D eigenvalue weighted by atomic mass is 9.32. The second kappa shape index (κ2) is 11.9. The lowest BCUT2D eigenvalue weighted by Gasteiger charge is -2.72. The number of ether oxygens (including phenoxy) is 2. The first-order chi connectivity index (χ1) is 22.4. The van der Waals surface area contributed by atoms with Crippen LogP contribution in [-0.4, -0.2) is 120 Å². The number of hydrogen-bond donors (Lipinski definition) is 9. The molecule has 48 heavy (non-hydrogen) atoms. The third kappa shape index (κ3) is 4.60. The standard InChI is InChI=1S/C36H58O12/c1-18-8-11-35(30(45)48-29-26(43)25(42)24(41)21(15-37)47-29)13-12-32(3)19(27(35)34(18,5)46)6-7-22-31(2)14-20(40)28(44)36(16-38,17-39)23(31)9-10-33(22,32)4/h6,18,20-29,37-44,46H,7-17H2,1-5H3/t18-,20-,21-,22+,23?,24-,25+,26-,27-,28+,29?,31-,32-,33-,34-,35+/m1/s1. The van der Waals surface area contributed by atoms with E-state index in [1.807, 2.05) is 6.92 Å². The molecule has 9 N–H and O–H groups in total. The van der Waals surface area contributed by atoms with Gasteiger partial charge in [0.05, 0.1) is 43.0 Å². The van der Waals surface area contributed by atoms with Gasteiger partial charge >= 0.3 is 5.97 Å². The summed E-state index contributed by atoms with van der Waals surface area (Å²) in [6, 6.07) is 0. The number of allylic oxidation sites excluding steroid dienone is 1. The van der Waals surface area contributed by atoms with E-state index in [4.69, 9.17) is 9.47 Å². The molecule has 274 valence electrons. The minimum atomic E-state index is -1.74. The summed E-state index contributed by atoms with van der Waals surface area (Å²) in [6.45, 7) is 8.85. The summed E-state index contributed by atoms with van der Waals surface area (Å²) in [5.41, 5.74) is -4.09. The van der Waals surface area contributed by atoms with E-state index in [1.54, 1.807) is 6.92 Å². The van der Waals surface area contributed by atoms with E-state index in [2.05, 4.69) is 26.8 Å². The van der Waals surface area contributed by atoms with E-state index in [1.165, 1.54) is 0 Å². The van der Waals surface area contributed by atoms with Gasteiger partial charge in [-0.15, -0.1) is 0 Å². The first-order valence-corrected chi connectivity index (χ1v) is 17.9. The van der Waals surface area contributed by atoms with Crippen LogP contribution >= 0.6 is 0 Å². The van der Waals surface area contributed by atoms with Gasteiger partial charge < -0.3 is 55.4 Å². The summed E-state index contributed by atoms with van der Waals surface area (Å²) in [6.07, 6.45) is -3.85. The predicted molar refractivity (Wildman–Crippen MR) is 171 cm³/mol. The fourth-order valence-corrected chi connectivity index (χ4v) is 12.4. The molecular formula is C36H58O12. The average Bonchev–Trinajstić information content (AvgIpc) is 3.04. The monoisotopic (exact) mass is 682 g/mol. The maximum absolute atomic E-state index is 14.5. The Bertz CT molecular complexity index is 1280. The largest absolute Gasteiger partial charge is 0.432 e. The molecule has 4 saturated carbocycles. The lowest BCUT2D eigenvalue weighted by molar-refractivity contribution is -0.299. The van der Waals surface area contributed by atoms with Crippen LogP contribution in [0.25, 0.3) is 0 Å². The van der Waals surface area contributed by atoms with Crippen LogP contribution in [0.2, 0.25) is 0 Å². The van der Waals surface area contributed by atoms with Crippen molar-refractivity contribution in [2.45, 2.75) is 135 Å². The van der Waals surface area contributed by atoms with Crippen molar-refractivity contribution in [2.75, 3.05) is 19.8 Å². The Balaban J connectivity index is 1.40. The quantitative estimate of drug-likeness (QED) is 0.142. The molecular weight excluding hydrogens is 624 g/mol. The summed E-state index contributed by atoms with van der Waals surface area (Å²) >= 11 is 0. The number of fused-ring (bicyclic) bond motifs is 7. The van der Waals surface area contributed by atoms with E-state index in [-0.39, 0.29) is 23.2 Å². The number of carbonyl (C=O) groups excluding carboxylic acids is 1. The van der Waals surface area contributed by atoms with Crippen molar-refractivity contribution in [3.63, 3.8) is 0 Å². The summed E-state index contributed by atoms with van der Waals surface area (Å²) < 4.78 is 11.4. The van der Waals surface area contributed by atoms with Crippen molar-refractivity contribution in [1.29, 1.82) is 0 Å². The molecule has 1 aliphatic heterocycles. The zero-order chi connectivity index (χ0) is 35.4. The molecule has 0 amide bonds. The first-order valence-electron chi connectivity index (χ1n) is 17.9. The highest BCUT2D eigenvalue weighted by molar-refractivity contribution is 5.79. The molecule has 16 atom stereocenters. The van der Waals surface area contributed by atoms with E-state index in [0.717, 1.165) is 12.0 Å². The molecule has 12 heteroatoms. The Labute approximate surface area is 282 Å². The van der Waals surface area contributed by atoms with E-state index in [0.29, 0.717) is 44.9 Å². The fourth-order valence-electron chi connectivity index (χ4n) is 12.4. The van der Waals surface area contributed by atoms with Gasteiger partial charge in [-0.05, 0) is 92.3 Å². The summed E-state index contributed by atoms with van der Waals surface area (Å²) in [5.74, 6) is -1.67. The Kier molecular flexibility index (Phi) is 9.10. The topological polar surface area (TPSA) is 218 Å². The molecule has 0 aromatic rings. The zero-order valence-corrected chi connectivity index (χ0v) is 29.0. The summed E-state index contributed by atoms with van der Waals surface area (Å²) in [5, 5.41) is 96.9. The molecule has 6 rings (SSSR count). The molecule has 0 bridgehead atoms. The Morgan fingerprint density at radius 2 is 1.56 bits per heavy atom.